The second-order valence-electron chi connectivity index (χ2n) is 8.94. The summed E-state index contributed by atoms with van der Waals surface area (Å²) in [5.41, 5.74) is 2.95. The van der Waals surface area contributed by atoms with Crippen LogP contribution in [0.15, 0.2) is 91.0 Å². The van der Waals surface area contributed by atoms with Gasteiger partial charge in [0.25, 0.3) is 3.79 Å². The largest absolute Gasteiger partial charge is 0.445 e. The van der Waals surface area contributed by atoms with Crippen molar-refractivity contribution in [2.24, 2.45) is 0 Å². The first kappa shape index (κ1) is 28.8. The fraction of sp³-hybridized carbons (Fsp3) is 0.345. The molecule has 0 aliphatic carbocycles. The molecule has 0 amide bonds. The summed E-state index contributed by atoms with van der Waals surface area (Å²) >= 11 is 17.7. The number of ether oxygens (including phenoxy) is 5. The maximum atomic E-state index is 8.15. The van der Waals surface area contributed by atoms with E-state index in [9.17, 15) is 0 Å². The molecule has 1 aliphatic heterocycles. The molecule has 1 saturated heterocycles. The molecule has 9 heteroatoms. The minimum atomic E-state index is -2.06. The van der Waals surface area contributed by atoms with Crippen LogP contribution in [0.5, 0.6) is 0 Å². The van der Waals surface area contributed by atoms with Crippen LogP contribution in [-0.2, 0) is 43.5 Å². The van der Waals surface area contributed by atoms with E-state index in [-0.39, 0.29) is 6.61 Å². The van der Waals surface area contributed by atoms with E-state index in [1.165, 1.54) is 0 Å². The summed E-state index contributed by atoms with van der Waals surface area (Å²) in [7, 11) is 0. The van der Waals surface area contributed by atoms with Gasteiger partial charge in [-0.05, 0) is 23.6 Å². The fourth-order valence-corrected chi connectivity index (χ4v) is 4.28. The molecule has 6 nitrogen and oxygen atoms in total. The van der Waals surface area contributed by atoms with Crippen molar-refractivity contribution in [1.82, 2.24) is 0 Å². The highest BCUT2D eigenvalue weighted by atomic mass is 35.6. The van der Waals surface area contributed by atoms with E-state index >= 15 is 0 Å². The van der Waals surface area contributed by atoms with Gasteiger partial charge in [-0.15, -0.1) is 0 Å². The Morgan fingerprint density at radius 1 is 0.684 bits per heavy atom. The minimum absolute atomic E-state index is 0.251. The smallest absolute Gasteiger partial charge is 0.265 e. The van der Waals surface area contributed by atoms with Crippen LogP contribution in [0.2, 0.25) is 0 Å². The van der Waals surface area contributed by atoms with Crippen molar-refractivity contribution < 1.29 is 23.7 Å². The van der Waals surface area contributed by atoms with E-state index in [4.69, 9.17) is 63.9 Å². The number of hydrogen-bond acceptors (Lipinski definition) is 6. The van der Waals surface area contributed by atoms with Crippen LogP contribution in [0.4, 0.5) is 0 Å². The molecule has 1 fully saturated rings. The zero-order valence-corrected chi connectivity index (χ0v) is 23.1. The molecule has 1 aliphatic rings. The zero-order valence-electron chi connectivity index (χ0n) is 20.8. The molecule has 0 radical (unpaired) electrons. The van der Waals surface area contributed by atoms with Crippen molar-refractivity contribution in [2.75, 3.05) is 0 Å². The van der Waals surface area contributed by atoms with E-state index in [1.54, 1.807) is 0 Å². The van der Waals surface area contributed by atoms with Crippen LogP contribution < -0.4 is 0 Å². The normalized spacial score (nSPS) is 23.6. The third-order valence-corrected chi connectivity index (χ3v) is 6.59. The molecule has 0 spiro atoms. The van der Waals surface area contributed by atoms with Gasteiger partial charge < -0.3 is 23.7 Å². The predicted molar refractivity (Wildman–Crippen MR) is 148 cm³/mol. The third-order valence-electron chi connectivity index (χ3n) is 6.07. The Morgan fingerprint density at radius 2 is 1.08 bits per heavy atom. The van der Waals surface area contributed by atoms with Crippen molar-refractivity contribution >= 4 is 40.7 Å². The lowest BCUT2D eigenvalue weighted by molar-refractivity contribution is -0.304. The van der Waals surface area contributed by atoms with E-state index in [0.29, 0.717) is 13.2 Å². The van der Waals surface area contributed by atoms with Crippen molar-refractivity contribution in [3.63, 3.8) is 0 Å². The van der Waals surface area contributed by atoms with Crippen molar-refractivity contribution in [3.05, 3.63) is 108 Å². The number of hydrogen-bond donors (Lipinski definition) is 1. The topological polar surface area (TPSA) is 70.0 Å². The van der Waals surface area contributed by atoms with Crippen molar-refractivity contribution in [1.29, 1.82) is 5.41 Å². The Balaban J connectivity index is 1.61. The summed E-state index contributed by atoms with van der Waals surface area (Å²) in [4.78, 5) is 0. The van der Waals surface area contributed by atoms with Gasteiger partial charge in [-0.1, -0.05) is 126 Å². The summed E-state index contributed by atoms with van der Waals surface area (Å²) in [6.45, 7) is 2.77. The van der Waals surface area contributed by atoms with E-state index in [2.05, 4.69) is 0 Å². The van der Waals surface area contributed by atoms with Crippen molar-refractivity contribution in [2.45, 2.75) is 61.2 Å². The minimum Gasteiger partial charge on any atom is -0.445 e. The van der Waals surface area contributed by atoms with Gasteiger partial charge in [-0.3, -0.25) is 5.41 Å². The summed E-state index contributed by atoms with van der Waals surface area (Å²) in [5.74, 6) is -0.571. The molecule has 38 heavy (non-hydrogen) atoms. The van der Waals surface area contributed by atoms with Gasteiger partial charge >= 0.3 is 0 Å². The first-order chi connectivity index (χ1) is 18.3. The molecule has 0 unspecified atom stereocenters. The first-order valence-corrected chi connectivity index (χ1v) is 13.4. The van der Waals surface area contributed by atoms with Crippen LogP contribution in [0.25, 0.3) is 0 Å². The number of alkyl halides is 3. The van der Waals surface area contributed by atoms with Crippen LogP contribution >= 0.6 is 34.8 Å². The third kappa shape index (κ3) is 8.17. The van der Waals surface area contributed by atoms with Gasteiger partial charge in [-0.25, -0.2) is 0 Å². The van der Waals surface area contributed by atoms with E-state index in [0.717, 1.165) is 16.7 Å². The average molecular weight is 579 g/mol. The number of halogens is 3. The van der Waals surface area contributed by atoms with Gasteiger partial charge in [0.15, 0.2) is 0 Å². The summed E-state index contributed by atoms with van der Waals surface area (Å²) in [6.07, 6.45) is -3.50. The molecular weight excluding hydrogens is 549 g/mol. The van der Waals surface area contributed by atoms with Gasteiger partial charge in [0, 0.05) is 0 Å². The maximum Gasteiger partial charge on any atom is 0.265 e. The Labute approximate surface area is 238 Å². The summed E-state index contributed by atoms with van der Waals surface area (Å²) in [5, 5.41) is 8.15. The highest BCUT2D eigenvalue weighted by Crippen LogP contribution is 2.34. The Bertz CT molecular complexity index is 1130. The lowest BCUT2D eigenvalue weighted by atomic mass is 9.98. The predicted octanol–water partition coefficient (Wildman–Crippen LogP) is 6.85. The number of nitrogens with one attached hydrogen (secondary N) is 1. The molecule has 1 N–H and O–H groups in total. The SMILES string of the molecule is C[C@H]1O[C@H](OC(=N)C(Cl)(Cl)Cl)[C@H](OCc2ccccc2)[C@@H](OCc2ccccc2)[C@@H]1OCc1ccccc1. The lowest BCUT2D eigenvalue weighted by Crippen LogP contribution is -2.60. The number of benzene rings is 3. The summed E-state index contributed by atoms with van der Waals surface area (Å²) in [6, 6.07) is 29.4. The van der Waals surface area contributed by atoms with Crippen molar-refractivity contribution in [3.8, 4) is 0 Å². The quantitative estimate of drug-likeness (QED) is 0.162. The van der Waals surface area contributed by atoms with Gasteiger partial charge in [0.2, 0.25) is 12.2 Å². The Hall–Kier alpha value is -2.16. The Kier molecular flexibility index (Phi) is 10.4. The second kappa shape index (κ2) is 13.8. The average Bonchev–Trinajstić information content (AvgIpc) is 2.92. The van der Waals surface area contributed by atoms with Gasteiger partial charge in [0.05, 0.1) is 25.9 Å². The molecule has 0 bridgehead atoms. The fourth-order valence-electron chi connectivity index (χ4n) is 4.15. The molecule has 1 heterocycles. The molecular formula is C29H30Cl3NO5. The summed E-state index contributed by atoms with van der Waals surface area (Å²) < 4.78 is 29.0. The second-order valence-corrected chi connectivity index (χ2v) is 11.2. The highest BCUT2D eigenvalue weighted by Gasteiger charge is 2.49. The maximum absolute atomic E-state index is 8.15. The standard InChI is InChI=1S/C29H30Cl3NO5/c1-20-24(34-17-21-11-5-2-6-12-21)25(35-18-22-13-7-3-8-14-22)26(36-19-23-15-9-4-10-16-23)27(37-20)38-28(33)29(30,31)32/h2-16,20,24-27,33H,17-19H2,1H3/t20-,24-,25+,26-,27-/m1/s1. The molecule has 5 atom stereocenters. The molecule has 0 aromatic heterocycles. The molecule has 3 aromatic rings. The van der Waals surface area contributed by atoms with Crippen LogP contribution in [0, 0.1) is 5.41 Å². The van der Waals surface area contributed by atoms with Crippen LogP contribution in [0.3, 0.4) is 0 Å². The molecule has 3 aromatic carbocycles. The number of rotatable bonds is 10. The molecule has 4 rings (SSSR count). The highest BCUT2D eigenvalue weighted by molar-refractivity contribution is 6.76. The van der Waals surface area contributed by atoms with Crippen LogP contribution in [-0.4, -0.2) is 40.4 Å². The zero-order chi connectivity index (χ0) is 27.0. The van der Waals surface area contributed by atoms with Gasteiger partial charge in [-0.2, -0.15) is 0 Å². The molecule has 202 valence electrons. The van der Waals surface area contributed by atoms with E-state index in [1.807, 2.05) is 97.9 Å². The lowest BCUT2D eigenvalue weighted by Gasteiger charge is -2.45. The molecule has 0 saturated carbocycles. The monoisotopic (exact) mass is 577 g/mol. The van der Waals surface area contributed by atoms with Crippen LogP contribution in [0.1, 0.15) is 23.6 Å². The Morgan fingerprint density at radius 3 is 1.50 bits per heavy atom. The first-order valence-electron chi connectivity index (χ1n) is 12.3. The van der Waals surface area contributed by atoms with Gasteiger partial charge in [0.1, 0.15) is 18.3 Å². The van der Waals surface area contributed by atoms with E-state index < -0.39 is 40.4 Å².